The van der Waals surface area contributed by atoms with Crippen molar-refractivity contribution >= 4 is 32.2 Å². The molecule has 0 fully saturated rings. The van der Waals surface area contributed by atoms with Gasteiger partial charge in [0.15, 0.2) is 5.03 Å². The molecule has 0 aliphatic heterocycles. The van der Waals surface area contributed by atoms with E-state index < -0.39 is 15.7 Å². The van der Waals surface area contributed by atoms with Gasteiger partial charge in [-0.3, -0.25) is 0 Å². The van der Waals surface area contributed by atoms with E-state index >= 15 is 0 Å². The second-order valence-corrected chi connectivity index (χ2v) is 8.10. The van der Waals surface area contributed by atoms with Gasteiger partial charge >= 0.3 is 0 Å². The fraction of sp³-hybridized carbons (Fsp3) is 0.100. The van der Waals surface area contributed by atoms with E-state index in [-0.39, 0.29) is 9.92 Å². The number of anilines is 2. The molecule has 4 aromatic rings. The SMILES string of the molecule is CCn1cnc(Nc2nc(S(=O)(=O)c3ccc(F)cc3)cc3ccccc23)c1. The molecule has 0 saturated carbocycles. The summed E-state index contributed by atoms with van der Waals surface area (Å²) >= 11 is 0. The maximum absolute atomic E-state index is 13.2. The maximum Gasteiger partial charge on any atom is 0.223 e. The molecule has 0 aliphatic carbocycles. The highest BCUT2D eigenvalue weighted by Crippen LogP contribution is 2.29. The highest BCUT2D eigenvalue weighted by atomic mass is 32.2. The summed E-state index contributed by atoms with van der Waals surface area (Å²) < 4.78 is 41.1. The number of rotatable bonds is 5. The lowest BCUT2D eigenvalue weighted by Gasteiger charge is -2.11. The molecule has 0 saturated heterocycles. The highest BCUT2D eigenvalue weighted by molar-refractivity contribution is 7.91. The number of hydrogen-bond donors (Lipinski definition) is 1. The summed E-state index contributed by atoms with van der Waals surface area (Å²) in [6.07, 6.45) is 3.50. The van der Waals surface area contributed by atoms with E-state index in [1.165, 1.54) is 18.2 Å². The van der Waals surface area contributed by atoms with Crippen LogP contribution in [0, 0.1) is 5.82 Å². The van der Waals surface area contributed by atoms with Gasteiger partial charge < -0.3 is 9.88 Å². The molecule has 28 heavy (non-hydrogen) atoms. The van der Waals surface area contributed by atoms with Crippen molar-refractivity contribution in [1.82, 2.24) is 14.5 Å². The lowest BCUT2D eigenvalue weighted by molar-refractivity contribution is 0.591. The maximum atomic E-state index is 13.2. The molecule has 0 amide bonds. The van der Waals surface area contributed by atoms with Crippen molar-refractivity contribution in [1.29, 1.82) is 0 Å². The lowest BCUT2D eigenvalue weighted by Crippen LogP contribution is -2.07. The van der Waals surface area contributed by atoms with Crippen LogP contribution in [0.2, 0.25) is 0 Å². The number of aryl methyl sites for hydroxylation is 1. The van der Waals surface area contributed by atoms with Crippen LogP contribution in [0.25, 0.3) is 10.8 Å². The first-order chi connectivity index (χ1) is 13.5. The predicted molar refractivity (Wildman–Crippen MR) is 105 cm³/mol. The number of sulfone groups is 1. The molecule has 6 nitrogen and oxygen atoms in total. The number of aromatic nitrogens is 3. The quantitative estimate of drug-likeness (QED) is 0.513. The number of benzene rings is 2. The monoisotopic (exact) mass is 396 g/mol. The van der Waals surface area contributed by atoms with E-state index in [0.29, 0.717) is 11.6 Å². The molecule has 2 aromatic heterocycles. The van der Waals surface area contributed by atoms with Crippen molar-refractivity contribution in [3.8, 4) is 0 Å². The number of nitrogens with one attached hydrogen (secondary N) is 1. The Morgan fingerprint density at radius 3 is 2.57 bits per heavy atom. The summed E-state index contributed by atoms with van der Waals surface area (Å²) in [6.45, 7) is 2.76. The van der Waals surface area contributed by atoms with Crippen LogP contribution < -0.4 is 5.32 Å². The number of nitrogens with zero attached hydrogens (tertiary/aromatic N) is 3. The van der Waals surface area contributed by atoms with Crippen LogP contribution >= 0.6 is 0 Å². The average Bonchev–Trinajstić information content (AvgIpc) is 3.16. The molecule has 0 aliphatic rings. The highest BCUT2D eigenvalue weighted by Gasteiger charge is 2.21. The molecule has 4 rings (SSSR count). The van der Waals surface area contributed by atoms with E-state index in [9.17, 15) is 12.8 Å². The van der Waals surface area contributed by atoms with Gasteiger partial charge in [-0.2, -0.15) is 0 Å². The fourth-order valence-corrected chi connectivity index (χ4v) is 4.09. The molecule has 0 spiro atoms. The minimum absolute atomic E-state index is 0.0158. The van der Waals surface area contributed by atoms with Crippen LogP contribution in [0.3, 0.4) is 0 Å². The number of fused-ring (bicyclic) bond motifs is 1. The van der Waals surface area contributed by atoms with Crippen molar-refractivity contribution in [2.45, 2.75) is 23.4 Å². The van der Waals surface area contributed by atoms with E-state index in [4.69, 9.17) is 0 Å². The third-order valence-electron chi connectivity index (χ3n) is 4.36. The van der Waals surface area contributed by atoms with E-state index in [0.717, 1.165) is 29.4 Å². The number of pyridine rings is 1. The Hall–Kier alpha value is -3.26. The molecule has 0 bridgehead atoms. The van der Waals surface area contributed by atoms with Crippen LogP contribution in [-0.2, 0) is 16.4 Å². The van der Waals surface area contributed by atoms with Crippen LogP contribution in [0.4, 0.5) is 16.0 Å². The average molecular weight is 396 g/mol. The second kappa shape index (κ2) is 7.05. The topological polar surface area (TPSA) is 76.9 Å². The van der Waals surface area contributed by atoms with Crippen molar-refractivity contribution in [3.63, 3.8) is 0 Å². The van der Waals surface area contributed by atoms with E-state index in [1.54, 1.807) is 6.33 Å². The van der Waals surface area contributed by atoms with Gasteiger partial charge in [0, 0.05) is 18.1 Å². The molecule has 1 N–H and O–H groups in total. The summed E-state index contributed by atoms with van der Waals surface area (Å²) in [5.74, 6) is 0.454. The molecule has 0 atom stereocenters. The zero-order valence-corrected chi connectivity index (χ0v) is 15.8. The molecular formula is C20H17FN4O2S. The van der Waals surface area contributed by atoms with Crippen LogP contribution in [0.15, 0.2) is 77.0 Å². The summed E-state index contributed by atoms with van der Waals surface area (Å²) in [7, 11) is -3.90. The van der Waals surface area contributed by atoms with Crippen molar-refractivity contribution < 1.29 is 12.8 Å². The Bertz CT molecular complexity index is 1250. The van der Waals surface area contributed by atoms with Crippen molar-refractivity contribution in [2.75, 3.05) is 5.32 Å². The summed E-state index contributed by atoms with van der Waals surface area (Å²) in [4.78, 5) is 8.61. The van der Waals surface area contributed by atoms with Crippen LogP contribution in [-0.4, -0.2) is 23.0 Å². The Balaban J connectivity index is 1.84. The van der Waals surface area contributed by atoms with Gasteiger partial charge in [0.25, 0.3) is 0 Å². The smallest absolute Gasteiger partial charge is 0.223 e. The van der Waals surface area contributed by atoms with Gasteiger partial charge in [-0.25, -0.2) is 22.8 Å². The Labute approximate surface area is 161 Å². The summed E-state index contributed by atoms with van der Waals surface area (Å²) in [5, 5.41) is 4.48. The largest absolute Gasteiger partial charge is 0.336 e. The van der Waals surface area contributed by atoms with Crippen LogP contribution in [0.5, 0.6) is 0 Å². The fourth-order valence-electron chi connectivity index (χ4n) is 2.86. The first-order valence-corrected chi connectivity index (χ1v) is 10.1. The van der Waals surface area contributed by atoms with Crippen molar-refractivity contribution in [3.05, 3.63) is 72.9 Å². The number of halogens is 1. The first kappa shape index (κ1) is 18.1. The first-order valence-electron chi connectivity index (χ1n) is 8.66. The molecule has 0 radical (unpaired) electrons. The van der Waals surface area contributed by atoms with E-state index in [1.807, 2.05) is 42.0 Å². The Morgan fingerprint density at radius 2 is 1.86 bits per heavy atom. The minimum Gasteiger partial charge on any atom is -0.336 e. The van der Waals surface area contributed by atoms with E-state index in [2.05, 4.69) is 15.3 Å². The number of imidazole rings is 1. The molecule has 142 valence electrons. The van der Waals surface area contributed by atoms with Gasteiger partial charge in [0.1, 0.15) is 17.5 Å². The van der Waals surface area contributed by atoms with Gasteiger partial charge in [-0.05, 0) is 42.6 Å². The van der Waals surface area contributed by atoms with Crippen LogP contribution in [0.1, 0.15) is 6.92 Å². The standard InChI is InChI=1S/C20H17FN4O2S/c1-2-25-12-18(22-13-25)23-20-17-6-4-3-5-14(17)11-19(24-20)28(26,27)16-9-7-15(21)8-10-16/h3-13H,2H2,1H3,(H,23,24). The number of hydrogen-bond acceptors (Lipinski definition) is 5. The normalized spacial score (nSPS) is 11.6. The Morgan fingerprint density at radius 1 is 1.11 bits per heavy atom. The zero-order valence-electron chi connectivity index (χ0n) is 15.0. The Kier molecular flexibility index (Phi) is 4.56. The third-order valence-corrected chi connectivity index (χ3v) is 6.01. The molecule has 2 heterocycles. The summed E-state index contributed by atoms with van der Waals surface area (Å²) in [6, 6.07) is 13.6. The zero-order chi connectivity index (χ0) is 19.7. The molecule has 8 heteroatoms. The predicted octanol–water partition coefficient (Wildman–Crippen LogP) is 4.17. The summed E-state index contributed by atoms with van der Waals surface area (Å²) in [5.41, 5.74) is 0. The minimum atomic E-state index is -3.90. The third kappa shape index (κ3) is 3.34. The van der Waals surface area contributed by atoms with Gasteiger partial charge in [-0.15, -0.1) is 0 Å². The van der Waals surface area contributed by atoms with Crippen molar-refractivity contribution in [2.24, 2.45) is 0 Å². The van der Waals surface area contributed by atoms with Gasteiger partial charge in [0.05, 0.1) is 11.2 Å². The molecular weight excluding hydrogens is 379 g/mol. The lowest BCUT2D eigenvalue weighted by atomic mass is 10.1. The molecule has 2 aromatic carbocycles. The second-order valence-electron chi connectivity index (χ2n) is 6.20. The molecule has 0 unspecified atom stereocenters. The van der Waals surface area contributed by atoms with Gasteiger partial charge in [0.2, 0.25) is 9.84 Å². The van der Waals surface area contributed by atoms with Gasteiger partial charge in [-0.1, -0.05) is 24.3 Å².